The number of hydrogen-bond donors (Lipinski definition) is 2. The lowest BCUT2D eigenvalue weighted by Gasteiger charge is -2.16. The lowest BCUT2D eigenvalue weighted by Crippen LogP contribution is -2.13. The Kier molecular flexibility index (Phi) is 5.25. The number of halogens is 1. The Morgan fingerprint density at radius 1 is 1.38 bits per heavy atom. The van der Waals surface area contributed by atoms with Crippen molar-refractivity contribution in [2.45, 2.75) is 20.5 Å². The van der Waals surface area contributed by atoms with Crippen LogP contribution in [0.2, 0.25) is 0 Å². The summed E-state index contributed by atoms with van der Waals surface area (Å²) in [5, 5.41) is 18.2. The van der Waals surface area contributed by atoms with Crippen molar-refractivity contribution in [1.82, 2.24) is 0 Å². The fourth-order valence-electron chi connectivity index (χ4n) is 1.40. The Morgan fingerprint density at radius 3 is 2.62 bits per heavy atom. The van der Waals surface area contributed by atoms with Gasteiger partial charge in [-0.3, -0.25) is 0 Å². The number of hydrogen-bond acceptors (Lipinski definition) is 3. The van der Waals surface area contributed by atoms with E-state index in [4.69, 9.17) is 9.84 Å². The van der Waals surface area contributed by atoms with Gasteiger partial charge in [0.15, 0.2) is 0 Å². The first-order valence-corrected chi connectivity index (χ1v) is 6.01. The molecule has 0 spiro atoms. The Labute approximate surface area is 104 Å². The summed E-state index contributed by atoms with van der Waals surface area (Å²) < 4.78 is 6.55. The Hall–Kier alpha value is -0.580. The van der Waals surface area contributed by atoms with Crippen LogP contribution in [-0.2, 0) is 6.61 Å². The summed E-state index contributed by atoms with van der Waals surface area (Å²) in [6.07, 6.45) is 0. The van der Waals surface area contributed by atoms with Gasteiger partial charge in [0, 0.05) is 22.6 Å². The molecule has 4 heteroatoms. The van der Waals surface area contributed by atoms with E-state index in [0.29, 0.717) is 12.4 Å². The third kappa shape index (κ3) is 3.47. The molecular weight excluding hydrogens is 272 g/mol. The van der Waals surface area contributed by atoms with Crippen molar-refractivity contribution < 1.29 is 14.9 Å². The summed E-state index contributed by atoms with van der Waals surface area (Å²) in [5.74, 6) is 0.806. The molecule has 0 bridgehead atoms. The summed E-state index contributed by atoms with van der Waals surface area (Å²) in [4.78, 5) is 0. The van der Waals surface area contributed by atoms with E-state index in [9.17, 15) is 5.11 Å². The molecule has 0 radical (unpaired) electrons. The molecule has 90 valence electrons. The smallest absolute Gasteiger partial charge is 0.127 e. The maximum atomic E-state index is 9.24. The van der Waals surface area contributed by atoms with Crippen LogP contribution < -0.4 is 4.74 Å². The van der Waals surface area contributed by atoms with E-state index in [0.717, 1.165) is 15.6 Å². The van der Waals surface area contributed by atoms with Gasteiger partial charge in [0.1, 0.15) is 5.75 Å². The second-order valence-electron chi connectivity index (χ2n) is 3.97. The zero-order valence-electron chi connectivity index (χ0n) is 9.53. The number of benzene rings is 1. The predicted molar refractivity (Wildman–Crippen MR) is 66.5 cm³/mol. The molecule has 1 atom stereocenters. The molecule has 16 heavy (non-hydrogen) atoms. The van der Waals surface area contributed by atoms with Crippen molar-refractivity contribution in [3.63, 3.8) is 0 Å². The maximum absolute atomic E-state index is 9.24. The highest BCUT2D eigenvalue weighted by atomic mass is 79.9. The van der Waals surface area contributed by atoms with Crippen LogP contribution in [0.1, 0.15) is 18.1 Å². The molecule has 0 aliphatic heterocycles. The first-order valence-electron chi connectivity index (χ1n) is 5.22. The molecule has 0 saturated carbocycles. The van der Waals surface area contributed by atoms with Gasteiger partial charge in [0.05, 0.1) is 13.2 Å². The van der Waals surface area contributed by atoms with E-state index >= 15 is 0 Å². The van der Waals surface area contributed by atoms with Gasteiger partial charge in [0.2, 0.25) is 0 Å². The minimum atomic E-state index is -0.0525. The van der Waals surface area contributed by atoms with Crippen molar-refractivity contribution in [3.8, 4) is 5.75 Å². The van der Waals surface area contributed by atoms with E-state index in [2.05, 4.69) is 15.9 Å². The fourth-order valence-corrected chi connectivity index (χ4v) is 2.02. The van der Waals surface area contributed by atoms with Gasteiger partial charge >= 0.3 is 0 Å². The molecule has 0 aliphatic carbocycles. The van der Waals surface area contributed by atoms with Gasteiger partial charge < -0.3 is 14.9 Å². The lowest BCUT2D eigenvalue weighted by atomic mass is 10.1. The molecule has 0 saturated heterocycles. The van der Waals surface area contributed by atoms with E-state index in [1.807, 2.05) is 26.0 Å². The van der Waals surface area contributed by atoms with Crippen molar-refractivity contribution in [2.24, 2.45) is 5.92 Å². The van der Waals surface area contributed by atoms with Crippen LogP contribution in [0.25, 0.3) is 0 Å². The van der Waals surface area contributed by atoms with Crippen LogP contribution >= 0.6 is 15.9 Å². The van der Waals surface area contributed by atoms with Crippen LogP contribution in [0.5, 0.6) is 5.75 Å². The van der Waals surface area contributed by atoms with Gasteiger partial charge in [-0.2, -0.15) is 0 Å². The summed E-state index contributed by atoms with van der Waals surface area (Å²) in [7, 11) is 0. The molecule has 0 heterocycles. The quantitative estimate of drug-likeness (QED) is 0.874. The third-order valence-electron chi connectivity index (χ3n) is 2.31. The monoisotopic (exact) mass is 288 g/mol. The molecule has 2 N–H and O–H groups in total. The van der Waals surface area contributed by atoms with Crippen molar-refractivity contribution in [2.75, 3.05) is 13.2 Å². The molecule has 1 rings (SSSR count). The second kappa shape index (κ2) is 6.23. The average Bonchev–Trinajstić information content (AvgIpc) is 2.26. The molecule has 0 fully saturated rings. The molecule has 1 aromatic carbocycles. The largest absolute Gasteiger partial charge is 0.493 e. The predicted octanol–water partition coefficient (Wildman–Crippen LogP) is 2.26. The normalized spacial score (nSPS) is 12.6. The van der Waals surface area contributed by atoms with Crippen LogP contribution in [0, 0.1) is 12.8 Å². The van der Waals surface area contributed by atoms with Crippen molar-refractivity contribution in [3.05, 3.63) is 27.7 Å². The number of rotatable bonds is 5. The SMILES string of the molecule is Cc1cc(Br)cc(CO)c1OCC(C)CO. The fraction of sp³-hybridized carbons (Fsp3) is 0.500. The summed E-state index contributed by atoms with van der Waals surface area (Å²) in [6.45, 7) is 4.34. The number of ether oxygens (including phenoxy) is 1. The summed E-state index contributed by atoms with van der Waals surface area (Å²) >= 11 is 3.37. The third-order valence-corrected chi connectivity index (χ3v) is 2.77. The zero-order chi connectivity index (χ0) is 12.1. The standard InChI is InChI=1S/C12H17BrO3/c1-8(5-14)7-16-12-9(2)3-11(13)4-10(12)6-15/h3-4,8,14-15H,5-7H2,1-2H3. The van der Waals surface area contributed by atoms with Crippen LogP contribution in [0.4, 0.5) is 0 Å². The molecule has 0 aromatic heterocycles. The van der Waals surface area contributed by atoms with Gasteiger partial charge in [-0.25, -0.2) is 0 Å². The minimum absolute atomic E-state index is 0.0525. The van der Waals surface area contributed by atoms with Crippen LogP contribution in [0.15, 0.2) is 16.6 Å². The first-order chi connectivity index (χ1) is 7.58. The number of aliphatic hydroxyl groups excluding tert-OH is 2. The highest BCUT2D eigenvalue weighted by Crippen LogP contribution is 2.28. The zero-order valence-corrected chi connectivity index (χ0v) is 11.1. The van der Waals surface area contributed by atoms with Gasteiger partial charge in [0.25, 0.3) is 0 Å². The second-order valence-corrected chi connectivity index (χ2v) is 4.88. The van der Waals surface area contributed by atoms with E-state index in [-0.39, 0.29) is 19.1 Å². The number of aliphatic hydroxyl groups is 2. The van der Waals surface area contributed by atoms with Crippen LogP contribution in [-0.4, -0.2) is 23.4 Å². The van der Waals surface area contributed by atoms with E-state index in [1.54, 1.807) is 0 Å². The molecule has 3 nitrogen and oxygen atoms in total. The summed E-state index contributed by atoms with van der Waals surface area (Å²) in [6, 6.07) is 3.78. The molecule has 1 aromatic rings. The van der Waals surface area contributed by atoms with Gasteiger partial charge in [-0.1, -0.05) is 22.9 Å². The average molecular weight is 289 g/mol. The molecule has 0 amide bonds. The Balaban J connectivity index is 2.85. The van der Waals surface area contributed by atoms with Gasteiger partial charge in [-0.15, -0.1) is 0 Å². The molecular formula is C12H17BrO3. The first kappa shape index (κ1) is 13.5. The van der Waals surface area contributed by atoms with Crippen molar-refractivity contribution >= 4 is 15.9 Å². The minimum Gasteiger partial charge on any atom is -0.493 e. The van der Waals surface area contributed by atoms with E-state index < -0.39 is 0 Å². The molecule has 0 aliphatic rings. The van der Waals surface area contributed by atoms with Gasteiger partial charge in [-0.05, 0) is 24.6 Å². The Morgan fingerprint density at radius 2 is 2.06 bits per heavy atom. The summed E-state index contributed by atoms with van der Waals surface area (Å²) in [5.41, 5.74) is 1.74. The molecule has 1 unspecified atom stereocenters. The highest BCUT2D eigenvalue weighted by Gasteiger charge is 2.10. The van der Waals surface area contributed by atoms with Crippen molar-refractivity contribution in [1.29, 1.82) is 0 Å². The number of aryl methyl sites for hydroxylation is 1. The van der Waals surface area contributed by atoms with E-state index in [1.165, 1.54) is 0 Å². The Bertz CT molecular complexity index is 352. The highest BCUT2D eigenvalue weighted by molar-refractivity contribution is 9.10. The topological polar surface area (TPSA) is 49.7 Å². The van der Waals surface area contributed by atoms with Crippen LogP contribution in [0.3, 0.4) is 0 Å². The maximum Gasteiger partial charge on any atom is 0.127 e. The lowest BCUT2D eigenvalue weighted by molar-refractivity contribution is 0.170.